The van der Waals surface area contributed by atoms with E-state index in [1.54, 1.807) is 13.8 Å². The molecule has 16 heteroatoms. The third-order valence-electron chi connectivity index (χ3n) is 7.78. The summed E-state index contributed by atoms with van der Waals surface area (Å²) in [6.07, 6.45) is 1.18. The third-order valence-corrected chi connectivity index (χ3v) is 8.10. The molecule has 0 aromatic heterocycles. The number of aliphatic hydroxyl groups is 1. The van der Waals surface area contributed by atoms with Crippen LogP contribution >= 0.6 is 0 Å². The molecule has 1 aliphatic heterocycles. The highest BCUT2D eigenvalue weighted by atomic mass is 32.2. The maximum atomic E-state index is 13.6. The van der Waals surface area contributed by atoms with Gasteiger partial charge in [0.05, 0.1) is 32.3 Å². The molecule has 0 aliphatic carbocycles. The number of rotatable bonds is 21. The fraction of sp³-hybridized carbons (Fsp3) is 0.667. The summed E-state index contributed by atoms with van der Waals surface area (Å²) in [7, 11) is 0. The molecule has 0 saturated carbocycles. The maximum absolute atomic E-state index is 13.6. The molecule has 1 heterocycles. The normalized spacial score (nSPS) is 17.3. The lowest BCUT2D eigenvalue weighted by Gasteiger charge is -2.28. The molecule has 1 aromatic rings. The van der Waals surface area contributed by atoms with Gasteiger partial charge in [0.25, 0.3) is 0 Å². The van der Waals surface area contributed by atoms with Gasteiger partial charge in [-0.05, 0) is 50.0 Å². The molecule has 0 radical (unpaired) electrons. The first kappa shape index (κ1) is 41.9. The predicted octanol–water partition coefficient (Wildman–Crippen LogP) is 0.0876. The number of aryl methyl sites for hydroxylation is 1. The molecule has 4 amide bonds. The summed E-state index contributed by atoms with van der Waals surface area (Å²) in [5.41, 5.74) is -1.19. The fourth-order valence-corrected chi connectivity index (χ4v) is 5.58. The van der Waals surface area contributed by atoms with E-state index in [4.69, 9.17) is 9.29 Å². The summed E-state index contributed by atoms with van der Waals surface area (Å²) in [6.45, 7) is 9.52. The zero-order valence-electron chi connectivity index (χ0n) is 29.1. The van der Waals surface area contributed by atoms with Crippen molar-refractivity contribution in [3.05, 3.63) is 35.9 Å². The number of carbonyl (C=O) groups excluding carboxylic acids is 5. The van der Waals surface area contributed by atoms with Gasteiger partial charge in [-0.1, -0.05) is 58.0 Å². The van der Waals surface area contributed by atoms with Crippen LogP contribution in [0.2, 0.25) is 0 Å². The van der Waals surface area contributed by atoms with Gasteiger partial charge in [-0.25, -0.2) is 0 Å². The minimum Gasteiger partial charge on any atom is -0.380 e. The van der Waals surface area contributed by atoms with E-state index in [1.807, 2.05) is 49.1 Å². The number of amides is 4. The standard InChI is InChI=1S/C33H53N5O10S/c1-22(2)17-26(30(41)33(5,44)21-48-49(45)46)36-28(39)19-34-31(42)27(18-23(3)4)37-32(43)25(12-11-24-9-7-6-8-10-24)35-29(40)20-38-13-15-47-16-14-38/h6-10,22-23,25-27,44H,11-21H2,1-5H3,(H,34,42)(H,35,40)(H,36,39)(H,37,43)(H,45,46)/t25-,26-,27-,33+/m0/s1. The van der Waals surface area contributed by atoms with E-state index in [0.29, 0.717) is 32.7 Å². The van der Waals surface area contributed by atoms with Gasteiger partial charge in [0, 0.05) is 13.1 Å². The Bertz CT molecular complexity index is 1260. The molecule has 0 spiro atoms. The average molecular weight is 712 g/mol. The summed E-state index contributed by atoms with van der Waals surface area (Å²) >= 11 is -2.71. The SMILES string of the molecule is CC(C)C[C@H](NC(=O)[C@H](CCc1ccccc1)NC(=O)CN1CCOCC1)C(=O)NCC(=O)N[C@@H](CC(C)C)C(=O)[C@](C)(O)COS(=O)O. The molecule has 15 nitrogen and oxygen atoms in total. The number of ether oxygens (including phenoxy) is 1. The zero-order chi connectivity index (χ0) is 36.6. The Morgan fingerprint density at radius 2 is 1.49 bits per heavy atom. The molecule has 49 heavy (non-hydrogen) atoms. The van der Waals surface area contributed by atoms with E-state index in [0.717, 1.165) is 12.5 Å². The topological polar surface area (TPSA) is 213 Å². The van der Waals surface area contributed by atoms with Gasteiger partial charge in [-0.2, -0.15) is 4.21 Å². The largest absolute Gasteiger partial charge is 0.380 e. The van der Waals surface area contributed by atoms with Crippen LogP contribution in [0.1, 0.15) is 59.4 Å². The minimum absolute atomic E-state index is 0.0192. The molecule has 6 N–H and O–H groups in total. The highest BCUT2D eigenvalue weighted by molar-refractivity contribution is 7.74. The van der Waals surface area contributed by atoms with E-state index >= 15 is 0 Å². The molecule has 1 aliphatic rings. The van der Waals surface area contributed by atoms with Crippen LogP contribution in [0.5, 0.6) is 0 Å². The molecule has 5 atom stereocenters. The number of Topliss-reactive ketones (excluding diaryl/α,β-unsaturated/α-hetero) is 1. The number of hydrogen-bond acceptors (Lipinski definition) is 10. The van der Waals surface area contributed by atoms with Gasteiger partial charge in [0.1, 0.15) is 24.3 Å². The first-order chi connectivity index (χ1) is 23.1. The van der Waals surface area contributed by atoms with Crippen molar-refractivity contribution in [2.75, 3.05) is 46.0 Å². The summed E-state index contributed by atoms with van der Waals surface area (Å²) in [5.74, 6) is -3.13. The number of nitrogens with one attached hydrogen (secondary N) is 4. The quantitative estimate of drug-likeness (QED) is 0.0941. The van der Waals surface area contributed by atoms with Crippen LogP contribution in [0.3, 0.4) is 0 Å². The van der Waals surface area contributed by atoms with E-state index in [2.05, 4.69) is 25.5 Å². The summed E-state index contributed by atoms with van der Waals surface area (Å²) in [5, 5.41) is 21.2. The minimum atomic E-state index is -2.71. The molecule has 1 unspecified atom stereocenters. The fourth-order valence-electron chi connectivity index (χ4n) is 5.25. The Kier molecular flexibility index (Phi) is 18.0. The van der Waals surface area contributed by atoms with Crippen LogP contribution in [-0.2, 0) is 50.7 Å². The molecule has 2 rings (SSSR count). The molecule has 1 saturated heterocycles. The lowest BCUT2D eigenvalue weighted by molar-refractivity contribution is -0.143. The van der Waals surface area contributed by atoms with Gasteiger partial charge in [0.2, 0.25) is 23.6 Å². The second kappa shape index (κ2) is 21.1. The Morgan fingerprint density at radius 3 is 2.08 bits per heavy atom. The Balaban J connectivity index is 2.09. The van der Waals surface area contributed by atoms with Gasteiger partial charge >= 0.3 is 11.4 Å². The van der Waals surface area contributed by atoms with Gasteiger partial charge in [-0.15, -0.1) is 0 Å². The Morgan fingerprint density at radius 1 is 0.898 bits per heavy atom. The Labute approximate surface area is 291 Å². The number of ketones is 1. The van der Waals surface area contributed by atoms with Crippen molar-refractivity contribution in [1.29, 1.82) is 0 Å². The van der Waals surface area contributed by atoms with Crippen LogP contribution in [-0.4, -0.2) is 118 Å². The van der Waals surface area contributed by atoms with Crippen LogP contribution in [0.4, 0.5) is 0 Å². The van der Waals surface area contributed by atoms with Gasteiger partial charge in [0.15, 0.2) is 5.78 Å². The van der Waals surface area contributed by atoms with E-state index in [1.165, 1.54) is 0 Å². The predicted molar refractivity (Wildman–Crippen MR) is 182 cm³/mol. The van der Waals surface area contributed by atoms with Crippen LogP contribution in [0.15, 0.2) is 30.3 Å². The van der Waals surface area contributed by atoms with Crippen molar-refractivity contribution in [3.63, 3.8) is 0 Å². The second-order valence-corrected chi connectivity index (χ2v) is 14.0. The number of nitrogens with zero attached hydrogens (tertiary/aromatic N) is 1. The van der Waals surface area contributed by atoms with Crippen molar-refractivity contribution in [1.82, 2.24) is 26.2 Å². The molecular formula is C33H53N5O10S. The first-order valence-corrected chi connectivity index (χ1v) is 17.6. The number of carbonyl (C=O) groups is 5. The Hall–Kier alpha value is -3.28. The smallest absolute Gasteiger partial charge is 0.302 e. The van der Waals surface area contributed by atoms with E-state index in [9.17, 15) is 33.3 Å². The number of hydrogen-bond donors (Lipinski definition) is 6. The van der Waals surface area contributed by atoms with Gasteiger partial charge in [-0.3, -0.25) is 37.6 Å². The highest BCUT2D eigenvalue weighted by Gasteiger charge is 2.38. The molecule has 0 bridgehead atoms. The first-order valence-electron chi connectivity index (χ1n) is 16.6. The zero-order valence-corrected chi connectivity index (χ0v) is 29.9. The lowest BCUT2D eigenvalue weighted by Crippen LogP contribution is -2.57. The van der Waals surface area contributed by atoms with Crippen molar-refractivity contribution in [3.8, 4) is 0 Å². The van der Waals surface area contributed by atoms with Crippen molar-refractivity contribution >= 4 is 40.8 Å². The second-order valence-electron chi connectivity index (χ2n) is 13.3. The maximum Gasteiger partial charge on any atom is 0.302 e. The van der Waals surface area contributed by atoms with Crippen LogP contribution in [0, 0.1) is 11.8 Å². The molecule has 1 fully saturated rings. The van der Waals surface area contributed by atoms with Crippen LogP contribution in [0.25, 0.3) is 0 Å². The average Bonchev–Trinajstić information content (AvgIpc) is 3.04. The monoisotopic (exact) mass is 711 g/mol. The summed E-state index contributed by atoms with van der Waals surface area (Å²) in [6, 6.07) is 6.39. The highest BCUT2D eigenvalue weighted by Crippen LogP contribution is 2.15. The van der Waals surface area contributed by atoms with Crippen molar-refractivity contribution in [2.45, 2.75) is 84.0 Å². The van der Waals surface area contributed by atoms with E-state index < -0.39 is 71.7 Å². The third kappa shape index (κ3) is 16.3. The summed E-state index contributed by atoms with van der Waals surface area (Å²) in [4.78, 5) is 67.8. The van der Waals surface area contributed by atoms with Crippen molar-refractivity contribution < 1.29 is 46.8 Å². The van der Waals surface area contributed by atoms with Crippen molar-refractivity contribution in [2.24, 2.45) is 11.8 Å². The molecule has 1 aromatic carbocycles. The van der Waals surface area contributed by atoms with Crippen LogP contribution < -0.4 is 21.3 Å². The lowest BCUT2D eigenvalue weighted by atomic mass is 9.90. The van der Waals surface area contributed by atoms with Gasteiger partial charge < -0.3 is 31.1 Å². The number of morpholine rings is 1. The number of benzene rings is 1. The molecule has 276 valence electrons. The van der Waals surface area contributed by atoms with E-state index in [-0.39, 0.29) is 43.6 Å². The summed E-state index contributed by atoms with van der Waals surface area (Å²) < 4.78 is 29.6. The molecular weight excluding hydrogens is 658 g/mol.